The van der Waals surface area contributed by atoms with E-state index in [-0.39, 0.29) is 28.2 Å². The van der Waals surface area contributed by atoms with Gasteiger partial charge in [-0.1, -0.05) is 12.5 Å². The van der Waals surface area contributed by atoms with Gasteiger partial charge in [0.2, 0.25) is 10.0 Å². The standard InChI is InChI=1S/C12H17N3O4S/c1-8-11(15(16)17)6-3-7-12(8)20(18,19)14-10-5-2-4-9(10)13/h3,6-7,9-10,14H,2,4-5,13H2,1H3. The summed E-state index contributed by atoms with van der Waals surface area (Å²) in [6, 6.07) is 3.51. The minimum Gasteiger partial charge on any atom is -0.326 e. The Labute approximate surface area is 117 Å². The number of nitro groups is 1. The zero-order valence-electron chi connectivity index (χ0n) is 11.1. The molecule has 0 heterocycles. The molecule has 110 valence electrons. The average molecular weight is 299 g/mol. The minimum absolute atomic E-state index is 0.0641. The summed E-state index contributed by atoms with van der Waals surface area (Å²) in [5.41, 5.74) is 5.78. The van der Waals surface area contributed by atoms with E-state index in [2.05, 4.69) is 4.72 Å². The number of hydrogen-bond donors (Lipinski definition) is 2. The summed E-state index contributed by atoms with van der Waals surface area (Å²) in [6.07, 6.45) is 2.34. The number of nitrogens with two attached hydrogens (primary N) is 1. The molecular formula is C12H17N3O4S. The molecule has 20 heavy (non-hydrogen) atoms. The second-order valence-electron chi connectivity index (χ2n) is 4.98. The molecule has 0 amide bonds. The molecule has 1 aliphatic carbocycles. The topological polar surface area (TPSA) is 115 Å². The molecule has 1 aromatic carbocycles. The molecule has 0 aliphatic heterocycles. The SMILES string of the molecule is Cc1c([N+](=O)[O-])cccc1S(=O)(=O)NC1CCCC1N. The first-order chi connectivity index (χ1) is 9.33. The highest BCUT2D eigenvalue weighted by atomic mass is 32.2. The predicted octanol–water partition coefficient (Wildman–Crippen LogP) is 1.06. The van der Waals surface area contributed by atoms with Crippen LogP contribution in [0.1, 0.15) is 24.8 Å². The van der Waals surface area contributed by atoms with Crippen LogP contribution in [0.25, 0.3) is 0 Å². The molecule has 1 aliphatic rings. The van der Waals surface area contributed by atoms with Gasteiger partial charge in [0.1, 0.15) is 0 Å². The van der Waals surface area contributed by atoms with Gasteiger partial charge in [-0.3, -0.25) is 10.1 Å². The Morgan fingerprint density at radius 3 is 2.65 bits per heavy atom. The lowest BCUT2D eigenvalue weighted by atomic mass is 10.2. The van der Waals surface area contributed by atoms with E-state index in [0.29, 0.717) is 6.42 Å². The Balaban J connectivity index is 2.35. The highest BCUT2D eigenvalue weighted by molar-refractivity contribution is 7.89. The lowest BCUT2D eigenvalue weighted by Crippen LogP contribution is -2.44. The fourth-order valence-electron chi connectivity index (χ4n) is 2.49. The summed E-state index contributed by atoms with van der Waals surface area (Å²) in [4.78, 5) is 10.2. The number of benzene rings is 1. The van der Waals surface area contributed by atoms with Gasteiger partial charge in [-0.25, -0.2) is 13.1 Å². The van der Waals surface area contributed by atoms with Crippen molar-refractivity contribution >= 4 is 15.7 Å². The number of nitro benzene ring substituents is 1. The van der Waals surface area contributed by atoms with Crippen molar-refractivity contribution in [3.05, 3.63) is 33.9 Å². The molecule has 3 N–H and O–H groups in total. The van der Waals surface area contributed by atoms with Crippen LogP contribution in [-0.4, -0.2) is 25.4 Å². The normalized spacial score (nSPS) is 22.9. The Morgan fingerprint density at radius 2 is 2.10 bits per heavy atom. The number of rotatable bonds is 4. The van der Waals surface area contributed by atoms with E-state index in [1.54, 1.807) is 0 Å². The van der Waals surface area contributed by atoms with E-state index in [4.69, 9.17) is 5.73 Å². The monoisotopic (exact) mass is 299 g/mol. The first-order valence-corrected chi connectivity index (χ1v) is 7.83. The predicted molar refractivity (Wildman–Crippen MR) is 73.8 cm³/mol. The third kappa shape index (κ3) is 2.82. The van der Waals surface area contributed by atoms with Crippen LogP contribution < -0.4 is 10.5 Å². The van der Waals surface area contributed by atoms with Gasteiger partial charge in [-0.2, -0.15) is 0 Å². The number of hydrogen-bond acceptors (Lipinski definition) is 5. The molecule has 0 aromatic heterocycles. The van der Waals surface area contributed by atoms with Gasteiger partial charge in [-0.05, 0) is 25.8 Å². The number of nitrogens with zero attached hydrogens (tertiary/aromatic N) is 1. The first kappa shape index (κ1) is 14.9. The fraction of sp³-hybridized carbons (Fsp3) is 0.500. The number of nitrogens with one attached hydrogen (secondary N) is 1. The van der Waals surface area contributed by atoms with E-state index in [1.807, 2.05) is 0 Å². The lowest BCUT2D eigenvalue weighted by Gasteiger charge is -2.18. The van der Waals surface area contributed by atoms with Crippen molar-refractivity contribution in [2.75, 3.05) is 0 Å². The average Bonchev–Trinajstić information content (AvgIpc) is 2.74. The van der Waals surface area contributed by atoms with E-state index in [0.717, 1.165) is 12.8 Å². The molecule has 8 heteroatoms. The van der Waals surface area contributed by atoms with Gasteiger partial charge in [-0.15, -0.1) is 0 Å². The molecule has 1 aromatic rings. The van der Waals surface area contributed by atoms with E-state index < -0.39 is 14.9 Å². The maximum absolute atomic E-state index is 12.3. The smallest absolute Gasteiger partial charge is 0.273 e. The van der Waals surface area contributed by atoms with Crippen molar-refractivity contribution in [1.82, 2.24) is 4.72 Å². The zero-order valence-corrected chi connectivity index (χ0v) is 11.9. The van der Waals surface area contributed by atoms with E-state index in [1.165, 1.54) is 25.1 Å². The van der Waals surface area contributed by atoms with Crippen LogP contribution in [0.3, 0.4) is 0 Å². The Bertz CT molecular complexity index is 630. The van der Waals surface area contributed by atoms with Crippen molar-refractivity contribution in [2.24, 2.45) is 5.73 Å². The maximum atomic E-state index is 12.3. The van der Waals surface area contributed by atoms with Gasteiger partial charge in [0, 0.05) is 23.7 Å². The zero-order chi connectivity index (χ0) is 14.9. The third-order valence-corrected chi connectivity index (χ3v) is 5.25. The Hall–Kier alpha value is -1.51. The van der Waals surface area contributed by atoms with Gasteiger partial charge >= 0.3 is 0 Å². The highest BCUT2D eigenvalue weighted by Crippen LogP contribution is 2.26. The Kier molecular flexibility index (Phi) is 4.07. The summed E-state index contributed by atoms with van der Waals surface area (Å²) >= 11 is 0. The van der Waals surface area contributed by atoms with Gasteiger partial charge in [0.05, 0.1) is 9.82 Å². The molecule has 0 radical (unpaired) electrons. The molecule has 7 nitrogen and oxygen atoms in total. The van der Waals surface area contributed by atoms with Crippen LogP contribution in [0.5, 0.6) is 0 Å². The van der Waals surface area contributed by atoms with Gasteiger partial charge in [0.15, 0.2) is 0 Å². The minimum atomic E-state index is -3.80. The molecular weight excluding hydrogens is 282 g/mol. The van der Waals surface area contributed by atoms with Crippen molar-refractivity contribution in [1.29, 1.82) is 0 Å². The fourth-order valence-corrected chi connectivity index (χ4v) is 4.07. The quantitative estimate of drug-likeness (QED) is 0.637. The van der Waals surface area contributed by atoms with E-state index in [9.17, 15) is 18.5 Å². The second-order valence-corrected chi connectivity index (χ2v) is 6.66. The van der Waals surface area contributed by atoms with Crippen molar-refractivity contribution in [3.63, 3.8) is 0 Å². The summed E-state index contributed by atoms with van der Waals surface area (Å²) in [5, 5.41) is 10.9. The molecule has 2 atom stereocenters. The molecule has 2 unspecified atom stereocenters. The van der Waals surface area contributed by atoms with Gasteiger partial charge in [0.25, 0.3) is 5.69 Å². The lowest BCUT2D eigenvalue weighted by molar-refractivity contribution is -0.385. The van der Waals surface area contributed by atoms with Crippen LogP contribution in [0.4, 0.5) is 5.69 Å². The largest absolute Gasteiger partial charge is 0.326 e. The Morgan fingerprint density at radius 1 is 1.40 bits per heavy atom. The number of sulfonamides is 1. The van der Waals surface area contributed by atoms with Gasteiger partial charge < -0.3 is 5.73 Å². The first-order valence-electron chi connectivity index (χ1n) is 6.35. The highest BCUT2D eigenvalue weighted by Gasteiger charge is 2.30. The van der Waals surface area contributed by atoms with Crippen molar-refractivity contribution in [2.45, 2.75) is 43.2 Å². The third-order valence-electron chi connectivity index (χ3n) is 3.62. The van der Waals surface area contributed by atoms with Crippen LogP contribution >= 0.6 is 0 Å². The molecule has 0 bridgehead atoms. The van der Waals surface area contributed by atoms with Crippen LogP contribution in [-0.2, 0) is 10.0 Å². The van der Waals surface area contributed by atoms with Crippen molar-refractivity contribution in [3.8, 4) is 0 Å². The molecule has 0 spiro atoms. The summed E-state index contributed by atoms with van der Waals surface area (Å²) in [7, 11) is -3.80. The molecule has 1 saturated carbocycles. The molecule has 0 saturated heterocycles. The molecule has 2 rings (SSSR count). The van der Waals surface area contributed by atoms with Crippen molar-refractivity contribution < 1.29 is 13.3 Å². The summed E-state index contributed by atoms with van der Waals surface area (Å²) in [5.74, 6) is 0. The van der Waals surface area contributed by atoms with Crippen LogP contribution in [0.15, 0.2) is 23.1 Å². The maximum Gasteiger partial charge on any atom is 0.273 e. The summed E-state index contributed by atoms with van der Waals surface area (Å²) < 4.78 is 27.2. The summed E-state index contributed by atoms with van der Waals surface area (Å²) in [6.45, 7) is 1.43. The van der Waals surface area contributed by atoms with Crippen LogP contribution in [0, 0.1) is 17.0 Å². The van der Waals surface area contributed by atoms with E-state index >= 15 is 0 Å². The molecule has 1 fully saturated rings. The van der Waals surface area contributed by atoms with Crippen LogP contribution in [0.2, 0.25) is 0 Å². The second kappa shape index (κ2) is 5.47.